The second kappa shape index (κ2) is 3.00. The van der Waals surface area contributed by atoms with Crippen molar-refractivity contribution in [1.82, 2.24) is 4.68 Å². The molecule has 0 atom stereocenters. The average Bonchev–Trinajstić information content (AvgIpc) is 1.85. The lowest BCUT2D eigenvalue weighted by Gasteiger charge is -2.14. The highest BCUT2D eigenvalue weighted by Gasteiger charge is 1.95. The zero-order chi connectivity index (χ0) is 8.43. The van der Waals surface area contributed by atoms with Gasteiger partial charge in [0, 0.05) is 31.3 Å². The zero-order valence-corrected chi connectivity index (χ0v) is 7.38. The van der Waals surface area contributed by atoms with Crippen LogP contribution in [0.2, 0.25) is 0 Å². The van der Waals surface area contributed by atoms with Crippen LogP contribution in [0.15, 0.2) is 28.0 Å². The molecular formula is C7H10N2OS. The molecule has 3 nitrogen and oxygen atoms in total. The Bertz CT molecular complexity index is 306. The van der Waals surface area contributed by atoms with Crippen LogP contribution in [0.4, 0.5) is 0 Å². The summed E-state index contributed by atoms with van der Waals surface area (Å²) in [6.07, 6.45) is 1.69. The normalized spacial score (nSPS) is 9.73. The van der Waals surface area contributed by atoms with Crippen LogP contribution in [0, 0.1) is 0 Å². The molecule has 4 heteroatoms. The minimum atomic E-state index is -0.0671. The summed E-state index contributed by atoms with van der Waals surface area (Å²) >= 11 is 4.04. The number of pyridine rings is 1. The zero-order valence-electron chi connectivity index (χ0n) is 6.48. The van der Waals surface area contributed by atoms with Crippen molar-refractivity contribution >= 4 is 12.6 Å². The second-order valence-corrected chi connectivity index (χ2v) is 2.93. The Morgan fingerprint density at radius 1 is 1.55 bits per heavy atom. The molecule has 0 spiro atoms. The molecule has 1 aromatic rings. The van der Waals surface area contributed by atoms with E-state index in [9.17, 15) is 4.79 Å². The molecule has 0 aromatic carbocycles. The fourth-order valence-electron chi connectivity index (χ4n) is 0.792. The van der Waals surface area contributed by atoms with E-state index in [0.717, 1.165) is 0 Å². The third-order valence-corrected chi connectivity index (χ3v) is 1.59. The molecule has 1 aromatic heterocycles. The van der Waals surface area contributed by atoms with Gasteiger partial charge in [-0.3, -0.25) is 4.79 Å². The predicted molar refractivity (Wildman–Crippen MR) is 48.0 cm³/mol. The molecule has 60 valence electrons. The van der Waals surface area contributed by atoms with Crippen molar-refractivity contribution in [2.24, 2.45) is 0 Å². The van der Waals surface area contributed by atoms with E-state index in [4.69, 9.17) is 0 Å². The van der Waals surface area contributed by atoms with Crippen molar-refractivity contribution in [2.45, 2.75) is 4.90 Å². The topological polar surface area (TPSA) is 25.2 Å². The highest BCUT2D eigenvalue weighted by molar-refractivity contribution is 7.80. The highest BCUT2D eigenvalue weighted by Crippen LogP contribution is 1.98. The first-order chi connectivity index (χ1) is 5.11. The van der Waals surface area contributed by atoms with Gasteiger partial charge in [-0.2, -0.15) is 0 Å². The number of rotatable bonds is 1. The van der Waals surface area contributed by atoms with Crippen molar-refractivity contribution in [3.8, 4) is 0 Å². The second-order valence-electron chi connectivity index (χ2n) is 2.41. The molecule has 0 N–H and O–H groups in total. The van der Waals surface area contributed by atoms with Crippen molar-refractivity contribution in [3.05, 3.63) is 28.7 Å². The van der Waals surface area contributed by atoms with Gasteiger partial charge >= 0.3 is 0 Å². The van der Waals surface area contributed by atoms with E-state index >= 15 is 0 Å². The predicted octanol–water partition coefficient (Wildman–Crippen LogP) is 0.335. The lowest BCUT2D eigenvalue weighted by atomic mass is 10.5. The maximum absolute atomic E-state index is 11.2. The lowest BCUT2D eigenvalue weighted by Crippen LogP contribution is -2.34. The summed E-state index contributed by atoms with van der Waals surface area (Å²) in [4.78, 5) is 11.8. The molecule has 1 heterocycles. The van der Waals surface area contributed by atoms with E-state index in [-0.39, 0.29) is 5.56 Å². The Labute approximate surface area is 70.6 Å². The van der Waals surface area contributed by atoms with Gasteiger partial charge in [0.15, 0.2) is 0 Å². The van der Waals surface area contributed by atoms with Gasteiger partial charge in [-0.25, -0.2) is 4.68 Å². The number of hydrogen-bond donors (Lipinski definition) is 1. The molecule has 0 bridgehead atoms. The van der Waals surface area contributed by atoms with Crippen LogP contribution in [0.1, 0.15) is 0 Å². The summed E-state index contributed by atoms with van der Waals surface area (Å²) < 4.78 is 1.50. The van der Waals surface area contributed by atoms with E-state index in [1.807, 2.05) is 0 Å². The van der Waals surface area contributed by atoms with Gasteiger partial charge in [0.2, 0.25) is 0 Å². The fraction of sp³-hybridized carbons (Fsp3) is 0.286. The molecule has 0 saturated heterocycles. The molecule has 1 rings (SSSR count). The monoisotopic (exact) mass is 170 g/mol. The summed E-state index contributed by atoms with van der Waals surface area (Å²) in [6, 6.07) is 3.24. The van der Waals surface area contributed by atoms with Crippen LogP contribution in [-0.4, -0.2) is 18.8 Å². The average molecular weight is 170 g/mol. The van der Waals surface area contributed by atoms with E-state index in [1.54, 1.807) is 31.4 Å². The molecule has 0 amide bonds. The summed E-state index contributed by atoms with van der Waals surface area (Å²) in [6.45, 7) is 0. The molecule has 0 unspecified atom stereocenters. The van der Waals surface area contributed by atoms with Crippen LogP contribution >= 0.6 is 12.6 Å². The number of nitrogens with zero attached hydrogens (tertiary/aromatic N) is 2. The van der Waals surface area contributed by atoms with E-state index < -0.39 is 0 Å². The maximum atomic E-state index is 11.2. The van der Waals surface area contributed by atoms with Crippen LogP contribution in [0.5, 0.6) is 0 Å². The summed E-state index contributed by atoms with van der Waals surface area (Å²) in [7, 11) is 3.61. The van der Waals surface area contributed by atoms with Gasteiger partial charge < -0.3 is 5.01 Å². The van der Waals surface area contributed by atoms with Gasteiger partial charge in [0.05, 0.1) is 0 Å². The van der Waals surface area contributed by atoms with Gasteiger partial charge in [0.25, 0.3) is 5.56 Å². The first-order valence-corrected chi connectivity index (χ1v) is 3.65. The molecule has 0 fully saturated rings. The van der Waals surface area contributed by atoms with Crippen LogP contribution in [0.25, 0.3) is 0 Å². The summed E-state index contributed by atoms with van der Waals surface area (Å²) in [5.74, 6) is 0. The van der Waals surface area contributed by atoms with E-state index in [2.05, 4.69) is 12.6 Å². The summed E-state index contributed by atoms with van der Waals surface area (Å²) in [5.41, 5.74) is -0.0671. The third kappa shape index (κ3) is 1.77. The molecule has 0 aliphatic rings. The lowest BCUT2D eigenvalue weighted by molar-refractivity contribution is 0.695. The Kier molecular flexibility index (Phi) is 2.24. The number of hydrogen-bond acceptors (Lipinski definition) is 3. The minimum absolute atomic E-state index is 0.0671. The molecule has 0 aliphatic heterocycles. The number of aromatic nitrogens is 1. The van der Waals surface area contributed by atoms with Crippen LogP contribution < -0.4 is 10.6 Å². The van der Waals surface area contributed by atoms with Gasteiger partial charge in [-0.15, -0.1) is 12.6 Å². The van der Waals surface area contributed by atoms with Crippen molar-refractivity contribution in [2.75, 3.05) is 19.1 Å². The highest BCUT2D eigenvalue weighted by atomic mass is 32.1. The molecule has 0 radical (unpaired) electrons. The fourth-order valence-corrected chi connectivity index (χ4v) is 0.969. The molecular weight excluding hydrogens is 160 g/mol. The van der Waals surface area contributed by atoms with E-state index in [1.165, 1.54) is 10.7 Å². The molecule has 11 heavy (non-hydrogen) atoms. The van der Waals surface area contributed by atoms with Crippen LogP contribution in [0.3, 0.4) is 0 Å². The Balaban J connectivity index is 3.21. The van der Waals surface area contributed by atoms with Crippen molar-refractivity contribution in [3.63, 3.8) is 0 Å². The smallest absolute Gasteiger partial charge is 0.270 e. The minimum Gasteiger partial charge on any atom is -0.316 e. The van der Waals surface area contributed by atoms with Gasteiger partial charge in [0.1, 0.15) is 0 Å². The quantitative estimate of drug-likeness (QED) is 0.615. The Morgan fingerprint density at radius 2 is 2.18 bits per heavy atom. The first kappa shape index (κ1) is 8.20. The standard InChI is InChI=1S/C7H10N2OS/c1-8(2)9-4-3-6(11)5-7(9)10/h3-5,11H,1-2H3. The number of thiol groups is 1. The van der Waals surface area contributed by atoms with Crippen molar-refractivity contribution in [1.29, 1.82) is 0 Å². The van der Waals surface area contributed by atoms with Crippen molar-refractivity contribution < 1.29 is 0 Å². The van der Waals surface area contributed by atoms with Gasteiger partial charge in [-0.1, -0.05) is 0 Å². The molecule has 0 aliphatic carbocycles. The molecule has 0 saturated carbocycles. The van der Waals surface area contributed by atoms with Crippen LogP contribution in [-0.2, 0) is 0 Å². The largest absolute Gasteiger partial charge is 0.316 e. The Morgan fingerprint density at radius 3 is 2.64 bits per heavy atom. The Hall–Kier alpha value is -0.900. The first-order valence-electron chi connectivity index (χ1n) is 3.20. The van der Waals surface area contributed by atoms with Gasteiger partial charge in [-0.05, 0) is 6.07 Å². The maximum Gasteiger partial charge on any atom is 0.270 e. The SMILES string of the molecule is CN(C)n1ccc(S)cc1=O. The van der Waals surface area contributed by atoms with E-state index in [0.29, 0.717) is 4.90 Å². The summed E-state index contributed by atoms with van der Waals surface area (Å²) in [5, 5.41) is 1.70. The third-order valence-electron chi connectivity index (χ3n) is 1.31.